The third-order valence-electron chi connectivity index (χ3n) is 4.51. The molecule has 0 amide bonds. The van der Waals surface area contributed by atoms with Gasteiger partial charge in [-0.3, -0.25) is 0 Å². The van der Waals surface area contributed by atoms with E-state index in [2.05, 4.69) is 26.7 Å². The molecule has 3 aromatic rings. The van der Waals surface area contributed by atoms with Crippen molar-refractivity contribution in [2.75, 3.05) is 6.61 Å². The molecule has 0 N–H and O–H groups in total. The number of hydrogen-bond donors (Lipinski definition) is 0. The topological polar surface area (TPSA) is 94.4 Å². The number of tetrazole rings is 1. The summed E-state index contributed by atoms with van der Waals surface area (Å²) >= 11 is 1.50. The predicted molar refractivity (Wildman–Crippen MR) is 99.4 cm³/mol. The zero-order valence-corrected chi connectivity index (χ0v) is 15.8. The highest BCUT2D eigenvalue weighted by atomic mass is 32.2. The molecule has 8 nitrogen and oxygen atoms in total. The molecule has 9 heteroatoms. The fourth-order valence-corrected chi connectivity index (χ4v) is 4.05. The van der Waals surface area contributed by atoms with Crippen LogP contribution >= 0.6 is 11.8 Å². The number of nitrogens with zero attached hydrogens (tertiary/aromatic N) is 7. The van der Waals surface area contributed by atoms with E-state index in [0.717, 1.165) is 36.5 Å². The summed E-state index contributed by atoms with van der Waals surface area (Å²) in [6, 6.07) is 12.1. The summed E-state index contributed by atoms with van der Waals surface area (Å²) in [5, 5.41) is 26.9. The fraction of sp³-hybridized carbons (Fsp3) is 0.389. The van der Waals surface area contributed by atoms with Crippen LogP contribution in [0.2, 0.25) is 0 Å². The van der Waals surface area contributed by atoms with Gasteiger partial charge >= 0.3 is 0 Å². The Morgan fingerprint density at radius 1 is 1.33 bits per heavy atom. The standard InChI is InChI=1S/C18H19N7OS/c1-13-16(10-19)17(25(21-13)14-6-3-2-4-7-14)12-27-18-20-22-23-24(18)11-15-8-5-9-26-15/h2-4,6-7,15H,5,8-9,11-12H2,1H3. The number of thioether (sulfide) groups is 1. The van der Waals surface area contributed by atoms with Crippen LogP contribution in [0.4, 0.5) is 0 Å². The molecule has 0 aliphatic carbocycles. The molecule has 0 saturated carbocycles. The van der Waals surface area contributed by atoms with E-state index in [-0.39, 0.29) is 6.10 Å². The van der Waals surface area contributed by atoms with Crippen LogP contribution in [0, 0.1) is 18.3 Å². The second-order valence-corrected chi connectivity index (χ2v) is 7.28. The smallest absolute Gasteiger partial charge is 0.209 e. The molecule has 1 aromatic carbocycles. The maximum Gasteiger partial charge on any atom is 0.209 e. The van der Waals surface area contributed by atoms with Crippen LogP contribution in [0.25, 0.3) is 5.69 Å². The van der Waals surface area contributed by atoms with E-state index >= 15 is 0 Å². The van der Waals surface area contributed by atoms with Crippen molar-refractivity contribution in [2.24, 2.45) is 0 Å². The van der Waals surface area contributed by atoms with Crippen LogP contribution in [-0.4, -0.2) is 42.7 Å². The normalized spacial score (nSPS) is 16.5. The van der Waals surface area contributed by atoms with Gasteiger partial charge in [0.1, 0.15) is 6.07 Å². The highest BCUT2D eigenvalue weighted by molar-refractivity contribution is 7.98. The number of aryl methyl sites for hydroxylation is 1. The second kappa shape index (κ2) is 7.90. The number of benzene rings is 1. The Morgan fingerprint density at radius 3 is 2.93 bits per heavy atom. The number of ether oxygens (including phenoxy) is 1. The zero-order valence-electron chi connectivity index (χ0n) is 14.9. The molecule has 138 valence electrons. The summed E-state index contributed by atoms with van der Waals surface area (Å²) in [6.45, 7) is 3.31. The largest absolute Gasteiger partial charge is 0.376 e. The molecule has 0 spiro atoms. The van der Waals surface area contributed by atoms with Gasteiger partial charge in [0.05, 0.1) is 35.3 Å². The van der Waals surface area contributed by atoms with Gasteiger partial charge in [-0.25, -0.2) is 9.36 Å². The van der Waals surface area contributed by atoms with E-state index in [9.17, 15) is 5.26 Å². The van der Waals surface area contributed by atoms with Gasteiger partial charge in [-0.2, -0.15) is 10.4 Å². The van der Waals surface area contributed by atoms with Crippen LogP contribution in [0.3, 0.4) is 0 Å². The van der Waals surface area contributed by atoms with Crippen LogP contribution in [0.15, 0.2) is 35.5 Å². The molecule has 4 rings (SSSR count). The number of hydrogen-bond acceptors (Lipinski definition) is 7. The van der Waals surface area contributed by atoms with Gasteiger partial charge in [0.15, 0.2) is 0 Å². The quantitative estimate of drug-likeness (QED) is 0.606. The van der Waals surface area contributed by atoms with E-state index in [0.29, 0.717) is 23.0 Å². The molecule has 1 fully saturated rings. The first-order chi connectivity index (χ1) is 13.3. The van der Waals surface area contributed by atoms with E-state index in [1.54, 1.807) is 4.68 Å². The molecule has 1 unspecified atom stereocenters. The van der Waals surface area contributed by atoms with Gasteiger partial charge in [-0.05, 0) is 42.3 Å². The van der Waals surface area contributed by atoms with Gasteiger partial charge in [0.25, 0.3) is 0 Å². The third-order valence-corrected chi connectivity index (χ3v) is 5.47. The monoisotopic (exact) mass is 381 g/mol. The van der Waals surface area contributed by atoms with Gasteiger partial charge in [-0.1, -0.05) is 30.0 Å². The van der Waals surface area contributed by atoms with Crippen molar-refractivity contribution >= 4 is 11.8 Å². The number of aromatic nitrogens is 6. The zero-order chi connectivity index (χ0) is 18.6. The van der Waals surface area contributed by atoms with E-state index < -0.39 is 0 Å². The second-order valence-electron chi connectivity index (χ2n) is 6.33. The SMILES string of the molecule is Cc1nn(-c2ccccc2)c(CSc2nnnn2CC2CCCO2)c1C#N. The van der Waals surface area contributed by atoms with Crippen LogP contribution in [-0.2, 0) is 17.0 Å². The Morgan fingerprint density at radius 2 is 2.19 bits per heavy atom. The van der Waals surface area contributed by atoms with Crippen LogP contribution in [0.5, 0.6) is 0 Å². The molecular formula is C18H19N7OS. The molecule has 0 bridgehead atoms. The average Bonchev–Trinajstić information content (AvgIpc) is 3.42. The van der Waals surface area contributed by atoms with Crippen LogP contribution in [0.1, 0.15) is 29.8 Å². The van der Waals surface area contributed by atoms with Crippen molar-refractivity contribution in [1.82, 2.24) is 30.0 Å². The van der Waals surface area contributed by atoms with E-state index in [4.69, 9.17) is 4.74 Å². The van der Waals surface area contributed by atoms with Crippen molar-refractivity contribution in [1.29, 1.82) is 5.26 Å². The average molecular weight is 381 g/mol. The Balaban J connectivity index is 1.57. The number of nitriles is 1. The summed E-state index contributed by atoms with van der Waals surface area (Å²) in [5.74, 6) is 0.546. The molecular weight excluding hydrogens is 362 g/mol. The fourth-order valence-electron chi connectivity index (χ4n) is 3.17. The lowest BCUT2D eigenvalue weighted by Gasteiger charge is -2.10. The minimum absolute atomic E-state index is 0.166. The maximum absolute atomic E-state index is 9.59. The van der Waals surface area contributed by atoms with Gasteiger partial charge < -0.3 is 4.74 Å². The molecule has 1 aliphatic rings. The van der Waals surface area contributed by atoms with Crippen LogP contribution < -0.4 is 0 Å². The van der Waals surface area contributed by atoms with Crippen molar-refractivity contribution < 1.29 is 4.74 Å². The van der Waals surface area contributed by atoms with Gasteiger partial charge in [-0.15, -0.1) is 5.10 Å². The molecule has 1 saturated heterocycles. The Labute approximate surface area is 161 Å². The predicted octanol–water partition coefficient (Wildman–Crippen LogP) is 2.51. The lowest BCUT2D eigenvalue weighted by Crippen LogP contribution is -2.17. The van der Waals surface area contributed by atoms with Crippen molar-refractivity contribution in [3.63, 3.8) is 0 Å². The highest BCUT2D eigenvalue weighted by Gasteiger charge is 2.21. The molecule has 3 heterocycles. The maximum atomic E-state index is 9.59. The minimum Gasteiger partial charge on any atom is -0.376 e. The Kier molecular flexibility index (Phi) is 5.18. The summed E-state index contributed by atoms with van der Waals surface area (Å²) in [7, 11) is 0. The number of para-hydroxylation sites is 1. The van der Waals surface area contributed by atoms with Gasteiger partial charge in [0, 0.05) is 12.4 Å². The Hall–Kier alpha value is -2.70. The summed E-state index contributed by atoms with van der Waals surface area (Å²) in [6.07, 6.45) is 2.28. The highest BCUT2D eigenvalue weighted by Crippen LogP contribution is 2.26. The molecule has 27 heavy (non-hydrogen) atoms. The van der Waals surface area contributed by atoms with Crippen molar-refractivity contribution in [3.05, 3.63) is 47.3 Å². The van der Waals surface area contributed by atoms with E-state index in [1.165, 1.54) is 11.8 Å². The first-order valence-electron chi connectivity index (χ1n) is 8.81. The number of rotatable bonds is 6. The first kappa shape index (κ1) is 17.7. The lowest BCUT2D eigenvalue weighted by atomic mass is 10.2. The van der Waals surface area contributed by atoms with Crippen molar-refractivity contribution in [3.8, 4) is 11.8 Å². The third kappa shape index (κ3) is 3.72. The van der Waals surface area contributed by atoms with E-state index in [1.807, 2.05) is 41.9 Å². The molecule has 0 radical (unpaired) electrons. The summed E-state index contributed by atoms with van der Waals surface area (Å²) < 4.78 is 9.29. The minimum atomic E-state index is 0.166. The lowest BCUT2D eigenvalue weighted by molar-refractivity contribution is 0.0912. The molecule has 2 aromatic heterocycles. The summed E-state index contributed by atoms with van der Waals surface area (Å²) in [4.78, 5) is 0. The molecule has 1 atom stereocenters. The van der Waals surface area contributed by atoms with Gasteiger partial charge in [0.2, 0.25) is 5.16 Å². The summed E-state index contributed by atoms with van der Waals surface area (Å²) in [5.41, 5.74) is 3.09. The Bertz CT molecular complexity index is 954. The van der Waals surface area contributed by atoms with Crippen molar-refractivity contribution in [2.45, 2.75) is 43.3 Å². The first-order valence-corrected chi connectivity index (χ1v) is 9.79. The molecule has 1 aliphatic heterocycles.